The second kappa shape index (κ2) is 6.76. The molecule has 2 N–H and O–H groups in total. The van der Waals surface area contributed by atoms with Gasteiger partial charge in [-0.25, -0.2) is 0 Å². The lowest BCUT2D eigenvalue weighted by Gasteiger charge is -2.46. The van der Waals surface area contributed by atoms with Crippen LogP contribution in [-0.4, -0.2) is 43.8 Å². The van der Waals surface area contributed by atoms with Gasteiger partial charge < -0.3 is 10.5 Å². The number of hydrogen-bond acceptors (Lipinski definition) is 3. The van der Waals surface area contributed by atoms with Crippen LogP contribution >= 0.6 is 0 Å². The Kier molecular flexibility index (Phi) is 5.49. The summed E-state index contributed by atoms with van der Waals surface area (Å²) in [4.78, 5) is 2.74. The lowest BCUT2D eigenvalue weighted by Crippen LogP contribution is -2.50. The molecule has 0 amide bonds. The van der Waals surface area contributed by atoms with Crippen molar-refractivity contribution in [1.82, 2.24) is 4.90 Å². The van der Waals surface area contributed by atoms with Gasteiger partial charge in [0.15, 0.2) is 0 Å². The minimum Gasteiger partial charge on any atom is -0.383 e. The molecule has 3 unspecified atom stereocenters. The summed E-state index contributed by atoms with van der Waals surface area (Å²) in [5.74, 6) is 1.52. The first kappa shape index (κ1) is 16.3. The van der Waals surface area contributed by atoms with E-state index in [2.05, 4.69) is 25.7 Å². The summed E-state index contributed by atoms with van der Waals surface area (Å²) in [6.07, 6.45) is 6.73. The molecule has 3 nitrogen and oxygen atoms in total. The number of ether oxygens (including phenoxy) is 1. The summed E-state index contributed by atoms with van der Waals surface area (Å²) >= 11 is 0. The van der Waals surface area contributed by atoms with Gasteiger partial charge in [-0.15, -0.1) is 0 Å². The fourth-order valence-electron chi connectivity index (χ4n) is 3.90. The Hall–Kier alpha value is -0.120. The molecule has 2 saturated carbocycles. The molecule has 2 fully saturated rings. The van der Waals surface area contributed by atoms with Crippen LogP contribution < -0.4 is 5.73 Å². The molecule has 0 saturated heterocycles. The van der Waals surface area contributed by atoms with Gasteiger partial charge in [-0.3, -0.25) is 4.90 Å². The number of hydrogen-bond donors (Lipinski definition) is 1. The molecule has 0 spiro atoms. The summed E-state index contributed by atoms with van der Waals surface area (Å²) < 4.78 is 5.33. The topological polar surface area (TPSA) is 38.5 Å². The molecular weight excluding hydrogens is 248 g/mol. The zero-order valence-electron chi connectivity index (χ0n) is 13.9. The monoisotopic (exact) mass is 282 g/mol. The summed E-state index contributed by atoms with van der Waals surface area (Å²) in [5.41, 5.74) is 6.50. The molecule has 0 aliphatic heterocycles. The van der Waals surface area contributed by atoms with Gasteiger partial charge >= 0.3 is 0 Å². The second-order valence-electron chi connectivity index (χ2n) is 7.90. The molecule has 0 bridgehead atoms. The molecule has 2 aliphatic carbocycles. The first-order chi connectivity index (χ1) is 9.47. The summed E-state index contributed by atoms with van der Waals surface area (Å²) in [6, 6.07) is 1.49. The lowest BCUT2D eigenvalue weighted by atomic mass is 9.67. The third-order valence-corrected chi connectivity index (χ3v) is 5.48. The molecule has 20 heavy (non-hydrogen) atoms. The molecule has 3 heteroatoms. The zero-order chi connectivity index (χ0) is 14.8. The maximum Gasteiger partial charge on any atom is 0.0589 e. The van der Waals surface area contributed by atoms with Gasteiger partial charge in [0.2, 0.25) is 0 Å². The van der Waals surface area contributed by atoms with Crippen LogP contribution in [-0.2, 0) is 4.74 Å². The van der Waals surface area contributed by atoms with E-state index in [1.54, 1.807) is 0 Å². The van der Waals surface area contributed by atoms with Crippen LogP contribution in [0.2, 0.25) is 0 Å². The van der Waals surface area contributed by atoms with Crippen LogP contribution in [0.25, 0.3) is 0 Å². The zero-order valence-corrected chi connectivity index (χ0v) is 13.9. The highest BCUT2D eigenvalue weighted by molar-refractivity contribution is 4.96. The predicted molar refractivity (Wildman–Crippen MR) is 84.7 cm³/mol. The second-order valence-corrected chi connectivity index (χ2v) is 7.90. The molecule has 0 aromatic heterocycles. The summed E-state index contributed by atoms with van der Waals surface area (Å²) in [7, 11) is 1.81. The Bertz CT molecular complexity index is 296. The van der Waals surface area contributed by atoms with Gasteiger partial charge in [0.25, 0.3) is 0 Å². The molecule has 3 atom stereocenters. The number of nitrogens with zero attached hydrogens (tertiary/aromatic N) is 1. The van der Waals surface area contributed by atoms with Crippen molar-refractivity contribution >= 4 is 0 Å². The van der Waals surface area contributed by atoms with E-state index in [9.17, 15) is 0 Å². The maximum atomic E-state index is 6.08. The third-order valence-electron chi connectivity index (χ3n) is 5.48. The Morgan fingerprint density at radius 2 is 1.85 bits per heavy atom. The predicted octanol–water partition coefficient (Wildman–Crippen LogP) is 2.89. The van der Waals surface area contributed by atoms with Gasteiger partial charge in [0.1, 0.15) is 0 Å². The van der Waals surface area contributed by atoms with Crippen LogP contribution in [0.1, 0.15) is 52.9 Å². The Morgan fingerprint density at radius 3 is 2.35 bits per heavy atom. The fourth-order valence-corrected chi connectivity index (χ4v) is 3.90. The first-order valence-corrected chi connectivity index (χ1v) is 8.42. The van der Waals surface area contributed by atoms with Crippen molar-refractivity contribution in [2.45, 2.75) is 65.0 Å². The van der Waals surface area contributed by atoms with Crippen molar-refractivity contribution in [2.75, 3.05) is 26.8 Å². The van der Waals surface area contributed by atoms with Crippen molar-refractivity contribution in [1.29, 1.82) is 0 Å². The number of nitrogens with two attached hydrogens (primary N) is 1. The van der Waals surface area contributed by atoms with Crippen molar-refractivity contribution < 1.29 is 4.74 Å². The van der Waals surface area contributed by atoms with E-state index in [4.69, 9.17) is 10.5 Å². The van der Waals surface area contributed by atoms with E-state index < -0.39 is 0 Å². The Balaban J connectivity index is 2.06. The maximum absolute atomic E-state index is 6.08. The molecule has 2 aliphatic rings. The number of rotatable bonds is 6. The van der Waals surface area contributed by atoms with Gasteiger partial charge in [-0.05, 0) is 55.9 Å². The van der Waals surface area contributed by atoms with Crippen LogP contribution in [0, 0.1) is 17.3 Å². The minimum atomic E-state index is 0.425. The lowest BCUT2D eigenvalue weighted by molar-refractivity contribution is 0.0259. The molecule has 2 rings (SSSR count). The van der Waals surface area contributed by atoms with Crippen molar-refractivity contribution in [3.05, 3.63) is 0 Å². The molecular formula is C17H34N2O. The Labute approximate surface area is 125 Å². The Morgan fingerprint density at radius 1 is 1.15 bits per heavy atom. The van der Waals surface area contributed by atoms with E-state index in [1.807, 2.05) is 7.11 Å². The molecule has 0 heterocycles. The average molecular weight is 282 g/mol. The van der Waals surface area contributed by atoms with Crippen molar-refractivity contribution in [3.8, 4) is 0 Å². The van der Waals surface area contributed by atoms with Crippen molar-refractivity contribution in [3.63, 3.8) is 0 Å². The van der Waals surface area contributed by atoms with Crippen LogP contribution in [0.5, 0.6) is 0 Å². The van der Waals surface area contributed by atoms with E-state index in [1.165, 1.54) is 32.1 Å². The van der Waals surface area contributed by atoms with E-state index >= 15 is 0 Å². The SMILES string of the molecule is COCCN(C1CC1)C1CC(C(C)(C)C)CCC1CN. The van der Waals surface area contributed by atoms with E-state index in [0.717, 1.165) is 31.7 Å². The highest BCUT2D eigenvalue weighted by Gasteiger charge is 2.42. The van der Waals surface area contributed by atoms with Crippen LogP contribution in [0.3, 0.4) is 0 Å². The highest BCUT2D eigenvalue weighted by atomic mass is 16.5. The molecule has 0 aromatic carbocycles. The summed E-state index contributed by atoms with van der Waals surface area (Å²) in [6.45, 7) is 9.97. The molecule has 118 valence electrons. The first-order valence-electron chi connectivity index (χ1n) is 8.42. The van der Waals surface area contributed by atoms with Crippen LogP contribution in [0.15, 0.2) is 0 Å². The summed E-state index contributed by atoms with van der Waals surface area (Å²) in [5, 5.41) is 0. The third kappa shape index (κ3) is 3.96. The fraction of sp³-hybridized carbons (Fsp3) is 1.00. The standard InChI is InChI=1S/C17H34N2O/c1-17(2,3)14-6-5-13(12-18)16(11-14)19(9-10-20-4)15-7-8-15/h13-16H,5-12,18H2,1-4H3. The average Bonchev–Trinajstić information content (AvgIpc) is 3.22. The van der Waals surface area contributed by atoms with E-state index in [-0.39, 0.29) is 0 Å². The van der Waals surface area contributed by atoms with Crippen LogP contribution in [0.4, 0.5) is 0 Å². The van der Waals surface area contributed by atoms with Gasteiger partial charge in [0.05, 0.1) is 6.61 Å². The molecule has 0 aromatic rings. The number of methoxy groups -OCH3 is 1. The smallest absolute Gasteiger partial charge is 0.0589 e. The van der Waals surface area contributed by atoms with Gasteiger partial charge in [-0.2, -0.15) is 0 Å². The highest BCUT2D eigenvalue weighted by Crippen LogP contribution is 2.43. The molecule has 0 radical (unpaired) electrons. The minimum absolute atomic E-state index is 0.425. The van der Waals surface area contributed by atoms with Gasteiger partial charge in [-0.1, -0.05) is 20.8 Å². The van der Waals surface area contributed by atoms with Crippen molar-refractivity contribution in [2.24, 2.45) is 23.0 Å². The normalized spacial score (nSPS) is 31.8. The van der Waals surface area contributed by atoms with E-state index in [0.29, 0.717) is 17.4 Å². The van der Waals surface area contributed by atoms with Gasteiger partial charge in [0, 0.05) is 25.7 Å². The quantitative estimate of drug-likeness (QED) is 0.814. The largest absolute Gasteiger partial charge is 0.383 e.